The number of rotatable bonds is 6. The van der Waals surface area contributed by atoms with Gasteiger partial charge in [0.2, 0.25) is 5.88 Å². The van der Waals surface area contributed by atoms with Gasteiger partial charge >= 0.3 is 0 Å². The summed E-state index contributed by atoms with van der Waals surface area (Å²) in [6, 6.07) is 11.1. The highest BCUT2D eigenvalue weighted by molar-refractivity contribution is 6.29. The van der Waals surface area contributed by atoms with Gasteiger partial charge in [-0.25, -0.2) is 4.98 Å². The molecule has 0 unspecified atom stereocenters. The number of nitrogens with one attached hydrogen (secondary N) is 2. The molecule has 4 rings (SSSR count). The van der Waals surface area contributed by atoms with E-state index in [0.29, 0.717) is 25.3 Å². The van der Waals surface area contributed by atoms with E-state index in [0.717, 1.165) is 6.42 Å². The van der Waals surface area contributed by atoms with Gasteiger partial charge in [0.15, 0.2) is 0 Å². The Kier molecular flexibility index (Phi) is 9.15. The Morgan fingerprint density at radius 3 is 2.73 bits per heavy atom. The maximum absolute atomic E-state index is 12.5. The summed E-state index contributed by atoms with van der Waals surface area (Å²) in [5, 5.41) is 16.8. The summed E-state index contributed by atoms with van der Waals surface area (Å²) in [6.07, 6.45) is -0.0585. The zero-order valence-electron chi connectivity index (χ0n) is 16.0. The van der Waals surface area contributed by atoms with Crippen molar-refractivity contribution in [2.24, 2.45) is 0 Å². The molecule has 2 aliphatic rings. The molecule has 2 aliphatic heterocycles. The Bertz CT molecular complexity index is 867. The molecular formula is C20H24Cl3N3O4. The molecule has 10 heteroatoms. The van der Waals surface area contributed by atoms with Gasteiger partial charge in [0.25, 0.3) is 5.91 Å². The maximum Gasteiger partial charge on any atom is 0.251 e. The number of carbonyl (C=O) groups is 1. The fourth-order valence-corrected chi connectivity index (χ4v) is 3.51. The normalized spacial score (nSPS) is 18.7. The van der Waals surface area contributed by atoms with E-state index in [4.69, 9.17) is 21.1 Å². The van der Waals surface area contributed by atoms with Crippen LogP contribution in [0, 0.1) is 0 Å². The first-order valence-corrected chi connectivity index (χ1v) is 9.64. The van der Waals surface area contributed by atoms with Gasteiger partial charge in [-0.3, -0.25) is 4.79 Å². The Labute approximate surface area is 192 Å². The van der Waals surface area contributed by atoms with E-state index in [1.807, 2.05) is 12.1 Å². The molecule has 164 valence electrons. The van der Waals surface area contributed by atoms with Gasteiger partial charge in [-0.2, -0.15) is 0 Å². The highest BCUT2D eigenvalue weighted by Gasteiger charge is 2.25. The van der Waals surface area contributed by atoms with E-state index in [1.165, 1.54) is 17.2 Å². The van der Waals surface area contributed by atoms with E-state index in [1.54, 1.807) is 6.07 Å². The van der Waals surface area contributed by atoms with Crippen LogP contribution >= 0.6 is 36.4 Å². The summed E-state index contributed by atoms with van der Waals surface area (Å²) in [4.78, 5) is 16.6. The number of hydrogen-bond donors (Lipinski definition) is 3. The molecule has 0 spiro atoms. The lowest BCUT2D eigenvalue weighted by molar-refractivity contribution is -0.0813. The summed E-state index contributed by atoms with van der Waals surface area (Å²) >= 11 is 6.01. The number of ether oxygens (including phenoxy) is 2. The Hall–Kier alpha value is -1.61. The van der Waals surface area contributed by atoms with Crippen molar-refractivity contribution < 1.29 is 19.4 Å². The molecule has 2 aromatic rings. The SMILES string of the molecule is Cl.Cl.O=C(NC[C@@H](O)[C@@H]1Cc2ccccc2CN1)c1cc(Cl)nc(OC2COC2)c1. The number of nitrogens with zero attached hydrogens (tertiary/aromatic N) is 1. The van der Waals surface area contributed by atoms with Crippen LogP contribution in [0.15, 0.2) is 36.4 Å². The summed E-state index contributed by atoms with van der Waals surface area (Å²) in [5.74, 6) is -0.0497. The number of aliphatic hydroxyl groups excluding tert-OH is 1. The van der Waals surface area contributed by atoms with Gasteiger partial charge in [-0.1, -0.05) is 35.9 Å². The van der Waals surface area contributed by atoms with E-state index in [-0.39, 0.29) is 60.4 Å². The highest BCUT2D eigenvalue weighted by atomic mass is 35.5. The van der Waals surface area contributed by atoms with Crippen LogP contribution in [0.1, 0.15) is 21.5 Å². The van der Waals surface area contributed by atoms with Crippen molar-refractivity contribution in [1.82, 2.24) is 15.6 Å². The molecule has 0 bridgehead atoms. The van der Waals surface area contributed by atoms with Gasteiger partial charge in [0, 0.05) is 30.8 Å². The number of benzene rings is 1. The van der Waals surface area contributed by atoms with Crippen LogP contribution in [0.2, 0.25) is 5.15 Å². The van der Waals surface area contributed by atoms with Gasteiger partial charge in [0.1, 0.15) is 11.3 Å². The Balaban J connectivity index is 0.00000160. The molecule has 0 radical (unpaired) electrons. The number of fused-ring (bicyclic) bond motifs is 1. The third-order valence-corrected chi connectivity index (χ3v) is 5.17. The largest absolute Gasteiger partial charge is 0.469 e. The molecule has 1 aromatic carbocycles. The number of halogens is 3. The number of amides is 1. The van der Waals surface area contributed by atoms with Crippen molar-refractivity contribution in [3.8, 4) is 5.88 Å². The molecule has 1 amide bonds. The van der Waals surface area contributed by atoms with Crippen LogP contribution in [0.25, 0.3) is 0 Å². The molecule has 2 atom stereocenters. The number of carbonyl (C=O) groups excluding carboxylic acids is 1. The van der Waals surface area contributed by atoms with Crippen LogP contribution in [-0.2, 0) is 17.7 Å². The number of pyridine rings is 1. The first-order chi connectivity index (χ1) is 13.6. The number of hydrogen-bond acceptors (Lipinski definition) is 6. The number of aromatic nitrogens is 1. The lowest BCUT2D eigenvalue weighted by atomic mass is 9.93. The predicted octanol–water partition coefficient (Wildman–Crippen LogP) is 2.16. The van der Waals surface area contributed by atoms with Crippen LogP contribution in [0.5, 0.6) is 5.88 Å². The molecule has 0 aliphatic carbocycles. The third kappa shape index (κ3) is 5.97. The second kappa shape index (κ2) is 11.1. The highest BCUT2D eigenvalue weighted by Crippen LogP contribution is 2.20. The minimum atomic E-state index is -0.711. The zero-order valence-corrected chi connectivity index (χ0v) is 18.4. The van der Waals surface area contributed by atoms with Crippen LogP contribution in [-0.4, -0.2) is 54.0 Å². The van der Waals surface area contributed by atoms with Gasteiger partial charge in [0.05, 0.1) is 19.3 Å². The van der Waals surface area contributed by atoms with Crippen molar-refractivity contribution in [3.05, 3.63) is 58.2 Å². The van der Waals surface area contributed by atoms with E-state index < -0.39 is 6.10 Å². The molecule has 7 nitrogen and oxygen atoms in total. The maximum atomic E-state index is 12.5. The van der Waals surface area contributed by atoms with Crippen molar-refractivity contribution >= 4 is 42.3 Å². The summed E-state index contributed by atoms with van der Waals surface area (Å²) in [7, 11) is 0. The molecule has 1 aromatic heterocycles. The second-order valence-electron chi connectivity index (χ2n) is 7.03. The van der Waals surface area contributed by atoms with Crippen molar-refractivity contribution in [1.29, 1.82) is 0 Å². The van der Waals surface area contributed by atoms with Crippen LogP contribution in [0.3, 0.4) is 0 Å². The monoisotopic (exact) mass is 475 g/mol. The molecule has 0 saturated carbocycles. The predicted molar refractivity (Wildman–Crippen MR) is 118 cm³/mol. The van der Waals surface area contributed by atoms with E-state index >= 15 is 0 Å². The minimum absolute atomic E-state index is 0. The lowest BCUT2D eigenvalue weighted by Crippen LogP contribution is -2.49. The molecule has 3 heterocycles. The fraction of sp³-hybridized carbons (Fsp3) is 0.400. The Morgan fingerprint density at radius 1 is 1.30 bits per heavy atom. The average molecular weight is 477 g/mol. The van der Waals surface area contributed by atoms with Crippen molar-refractivity contribution in [3.63, 3.8) is 0 Å². The standard InChI is InChI=1S/C20H22ClN3O4.2ClH/c21-18-6-14(7-19(24-18)28-15-10-27-11-15)20(26)23-9-17(25)16-5-12-3-1-2-4-13(12)8-22-16;;/h1-4,6-7,15-17,22,25H,5,8-11H2,(H,23,26);2*1H/t16-,17+;;/m0../s1. The summed E-state index contributed by atoms with van der Waals surface area (Å²) in [6.45, 7) is 1.83. The summed E-state index contributed by atoms with van der Waals surface area (Å²) < 4.78 is 10.7. The fourth-order valence-electron chi connectivity index (χ4n) is 3.31. The van der Waals surface area contributed by atoms with Gasteiger partial charge < -0.3 is 25.2 Å². The van der Waals surface area contributed by atoms with Gasteiger partial charge in [-0.05, 0) is 23.6 Å². The van der Waals surface area contributed by atoms with Crippen LogP contribution in [0.4, 0.5) is 0 Å². The minimum Gasteiger partial charge on any atom is -0.469 e. The van der Waals surface area contributed by atoms with Crippen molar-refractivity contribution in [2.45, 2.75) is 31.2 Å². The van der Waals surface area contributed by atoms with Crippen molar-refractivity contribution in [2.75, 3.05) is 19.8 Å². The first kappa shape index (κ1) is 24.7. The zero-order chi connectivity index (χ0) is 19.5. The summed E-state index contributed by atoms with van der Waals surface area (Å²) in [5.41, 5.74) is 2.80. The quantitative estimate of drug-likeness (QED) is 0.553. The molecule has 1 saturated heterocycles. The van der Waals surface area contributed by atoms with E-state index in [9.17, 15) is 9.90 Å². The molecule has 30 heavy (non-hydrogen) atoms. The van der Waals surface area contributed by atoms with Gasteiger partial charge in [-0.15, -0.1) is 24.8 Å². The Morgan fingerprint density at radius 2 is 2.03 bits per heavy atom. The third-order valence-electron chi connectivity index (χ3n) is 4.98. The number of aliphatic hydroxyl groups is 1. The molecule has 3 N–H and O–H groups in total. The molecular weight excluding hydrogens is 453 g/mol. The lowest BCUT2D eigenvalue weighted by Gasteiger charge is -2.30. The first-order valence-electron chi connectivity index (χ1n) is 9.27. The second-order valence-corrected chi connectivity index (χ2v) is 7.42. The molecule has 1 fully saturated rings. The average Bonchev–Trinajstić information content (AvgIpc) is 2.68. The van der Waals surface area contributed by atoms with Crippen LogP contribution < -0.4 is 15.4 Å². The smallest absolute Gasteiger partial charge is 0.251 e. The topological polar surface area (TPSA) is 92.7 Å². The van der Waals surface area contributed by atoms with E-state index in [2.05, 4.69) is 27.8 Å².